The molecule has 132 valence electrons. The molecule has 3 atom stereocenters. The monoisotopic (exact) mass is 360 g/mol. The van der Waals surface area contributed by atoms with Gasteiger partial charge in [-0.3, -0.25) is 4.79 Å². The molecule has 2 aliphatic rings. The average Bonchev–Trinajstić information content (AvgIpc) is 2.76. The van der Waals surface area contributed by atoms with Crippen molar-refractivity contribution in [2.24, 2.45) is 0 Å². The molecule has 3 nitrogen and oxygen atoms in total. The van der Waals surface area contributed by atoms with Gasteiger partial charge in [0, 0.05) is 0 Å². The summed E-state index contributed by atoms with van der Waals surface area (Å²) < 4.78 is 2.80. The molecule has 0 N–H and O–H groups in total. The molecule has 2 fully saturated rings. The van der Waals surface area contributed by atoms with Crippen LogP contribution in [0.1, 0.15) is 31.9 Å². The van der Waals surface area contributed by atoms with Crippen molar-refractivity contribution in [2.75, 3.05) is 0 Å². The van der Waals surface area contributed by atoms with Crippen LogP contribution in [0.15, 0.2) is 30.3 Å². The lowest BCUT2D eigenvalue weighted by Crippen LogP contribution is -2.77. The molecule has 2 aliphatic heterocycles. The molecule has 2 saturated heterocycles. The molecule has 0 aromatic heterocycles. The SMILES string of the molecule is CC[C@H]1[C@H](N2[Si](C)(C)CC[Si]2(C)C)C(=O)N1[C@@H](C)c1ccccc1. The number of hydrogen-bond donors (Lipinski definition) is 0. The first-order valence-electron chi connectivity index (χ1n) is 9.37. The second-order valence-corrected chi connectivity index (χ2v) is 18.4. The third-order valence-electron chi connectivity index (χ3n) is 6.28. The molecule has 0 spiro atoms. The molecule has 5 heteroatoms. The van der Waals surface area contributed by atoms with Gasteiger partial charge in [-0.1, -0.05) is 63.4 Å². The molecule has 3 rings (SSSR count). The Morgan fingerprint density at radius 1 is 1.08 bits per heavy atom. The lowest BCUT2D eigenvalue weighted by atomic mass is 9.89. The Balaban J connectivity index is 1.87. The van der Waals surface area contributed by atoms with E-state index in [0.717, 1.165) is 6.42 Å². The molecular formula is C19H32N2OSi2. The van der Waals surface area contributed by atoms with Crippen LogP contribution in [-0.4, -0.2) is 43.6 Å². The minimum absolute atomic E-state index is 0.159. The first-order valence-corrected chi connectivity index (χ1v) is 15.7. The lowest BCUT2D eigenvalue weighted by Gasteiger charge is -2.58. The largest absolute Gasteiger partial charge is 0.333 e. The first-order chi connectivity index (χ1) is 11.2. The summed E-state index contributed by atoms with van der Waals surface area (Å²) in [6.07, 6.45) is 1.05. The van der Waals surface area contributed by atoms with E-state index >= 15 is 0 Å². The van der Waals surface area contributed by atoms with Gasteiger partial charge >= 0.3 is 0 Å². The standard InChI is InChI=1S/C19H32N2OSi2/c1-7-17-18(21-23(3,4)13-14-24(21,5)6)19(22)20(17)15(2)16-11-9-8-10-12-16/h8-12,15,17-18H,7,13-14H2,1-6H3/t15-,17-,18-/m0/s1. The van der Waals surface area contributed by atoms with E-state index in [0.29, 0.717) is 11.9 Å². The maximum absolute atomic E-state index is 13.2. The number of hydrogen-bond acceptors (Lipinski definition) is 2. The average molecular weight is 361 g/mol. The van der Waals surface area contributed by atoms with Gasteiger partial charge in [0.25, 0.3) is 0 Å². The predicted molar refractivity (Wildman–Crippen MR) is 106 cm³/mol. The third kappa shape index (κ3) is 2.70. The summed E-state index contributed by atoms with van der Waals surface area (Å²) in [6, 6.07) is 13.9. The summed E-state index contributed by atoms with van der Waals surface area (Å²) in [4.78, 5) is 15.4. The van der Waals surface area contributed by atoms with Gasteiger partial charge < -0.3 is 9.13 Å². The molecular weight excluding hydrogens is 328 g/mol. The van der Waals surface area contributed by atoms with E-state index in [2.05, 4.69) is 73.4 Å². The van der Waals surface area contributed by atoms with Crippen LogP contribution in [0.2, 0.25) is 38.3 Å². The fourth-order valence-electron chi connectivity index (χ4n) is 5.05. The van der Waals surface area contributed by atoms with Gasteiger partial charge in [0.05, 0.1) is 18.1 Å². The van der Waals surface area contributed by atoms with Gasteiger partial charge in [0.2, 0.25) is 5.91 Å². The Bertz CT molecular complexity index is 601. The van der Waals surface area contributed by atoms with Crippen molar-refractivity contribution >= 4 is 22.4 Å². The van der Waals surface area contributed by atoms with E-state index < -0.39 is 16.5 Å². The van der Waals surface area contributed by atoms with Crippen LogP contribution in [0.4, 0.5) is 0 Å². The highest BCUT2D eigenvalue weighted by Gasteiger charge is 2.60. The number of benzene rings is 1. The summed E-state index contributed by atoms with van der Waals surface area (Å²) in [7, 11) is -2.87. The summed E-state index contributed by atoms with van der Waals surface area (Å²) in [6.45, 7) is 14.3. The zero-order valence-electron chi connectivity index (χ0n) is 16.0. The van der Waals surface area contributed by atoms with Crippen LogP contribution >= 0.6 is 0 Å². The van der Waals surface area contributed by atoms with Gasteiger partial charge in [0.15, 0.2) is 0 Å². The Hall–Kier alpha value is -0.916. The Kier molecular flexibility index (Phi) is 4.56. The molecule has 1 amide bonds. The van der Waals surface area contributed by atoms with E-state index in [1.54, 1.807) is 0 Å². The second-order valence-electron chi connectivity index (χ2n) is 8.75. The maximum atomic E-state index is 13.2. The molecule has 24 heavy (non-hydrogen) atoms. The fraction of sp³-hybridized carbons (Fsp3) is 0.632. The highest BCUT2D eigenvalue weighted by atomic mass is 28.4. The number of β-lactam (4-membered cyclic amide) rings is 1. The van der Waals surface area contributed by atoms with Gasteiger partial charge in [0.1, 0.15) is 16.5 Å². The predicted octanol–water partition coefficient (Wildman–Crippen LogP) is 4.46. The topological polar surface area (TPSA) is 23.6 Å². The van der Waals surface area contributed by atoms with E-state index in [1.165, 1.54) is 17.7 Å². The smallest absolute Gasteiger partial charge is 0.241 e. The zero-order valence-corrected chi connectivity index (χ0v) is 18.0. The summed E-state index contributed by atoms with van der Waals surface area (Å²) >= 11 is 0. The molecule has 0 saturated carbocycles. The van der Waals surface area contributed by atoms with Crippen LogP contribution in [0.25, 0.3) is 0 Å². The van der Waals surface area contributed by atoms with Crippen LogP contribution in [0, 0.1) is 0 Å². The van der Waals surface area contributed by atoms with Crippen LogP contribution in [-0.2, 0) is 4.79 Å². The Labute approximate surface area is 149 Å². The molecule has 0 unspecified atom stereocenters. The number of nitrogens with zero attached hydrogens (tertiary/aromatic N) is 2. The van der Waals surface area contributed by atoms with Gasteiger partial charge in [-0.2, -0.15) is 0 Å². The highest BCUT2D eigenvalue weighted by Crippen LogP contribution is 2.45. The minimum atomic E-state index is -1.43. The number of rotatable bonds is 4. The lowest BCUT2D eigenvalue weighted by molar-refractivity contribution is -0.158. The normalized spacial score (nSPS) is 30.2. The molecule has 1 aromatic carbocycles. The summed E-state index contributed by atoms with van der Waals surface area (Å²) in [5.41, 5.74) is 1.25. The number of amides is 1. The Morgan fingerprint density at radius 3 is 2.12 bits per heavy atom. The molecule has 0 bridgehead atoms. The van der Waals surface area contributed by atoms with Gasteiger partial charge in [-0.05, 0) is 31.0 Å². The van der Waals surface area contributed by atoms with Crippen molar-refractivity contribution in [3.8, 4) is 0 Å². The van der Waals surface area contributed by atoms with Gasteiger partial charge in [-0.25, -0.2) is 0 Å². The third-order valence-corrected chi connectivity index (χ3v) is 16.5. The number of likely N-dealkylation sites (tertiary alicyclic amines) is 1. The van der Waals surface area contributed by atoms with Crippen molar-refractivity contribution in [2.45, 2.75) is 76.7 Å². The van der Waals surface area contributed by atoms with Crippen molar-refractivity contribution in [3.63, 3.8) is 0 Å². The van der Waals surface area contributed by atoms with Crippen LogP contribution < -0.4 is 0 Å². The number of carbonyl (C=O) groups excluding carboxylic acids is 1. The van der Waals surface area contributed by atoms with E-state index in [4.69, 9.17) is 0 Å². The minimum Gasteiger partial charge on any atom is -0.333 e. The van der Waals surface area contributed by atoms with E-state index in [1.807, 2.05) is 6.07 Å². The summed E-state index contributed by atoms with van der Waals surface area (Å²) in [5, 5.41) is 0. The maximum Gasteiger partial charge on any atom is 0.241 e. The van der Waals surface area contributed by atoms with Crippen molar-refractivity contribution in [1.82, 2.24) is 9.13 Å². The molecule has 1 aromatic rings. The molecule has 0 aliphatic carbocycles. The number of carbonyl (C=O) groups is 1. The van der Waals surface area contributed by atoms with E-state index in [-0.39, 0.29) is 12.1 Å². The molecule has 0 radical (unpaired) electrons. The van der Waals surface area contributed by atoms with E-state index in [9.17, 15) is 4.79 Å². The van der Waals surface area contributed by atoms with Gasteiger partial charge in [-0.15, -0.1) is 0 Å². The van der Waals surface area contributed by atoms with Crippen molar-refractivity contribution in [3.05, 3.63) is 35.9 Å². The Morgan fingerprint density at radius 2 is 1.62 bits per heavy atom. The second kappa shape index (κ2) is 6.11. The first kappa shape index (κ1) is 17.9. The molecule has 2 heterocycles. The zero-order chi connectivity index (χ0) is 17.7. The highest BCUT2D eigenvalue weighted by molar-refractivity contribution is 6.95. The summed E-state index contributed by atoms with van der Waals surface area (Å²) in [5.74, 6) is 0.376. The van der Waals surface area contributed by atoms with Crippen molar-refractivity contribution < 1.29 is 4.79 Å². The fourth-order valence-corrected chi connectivity index (χ4v) is 19.7. The van der Waals surface area contributed by atoms with Crippen LogP contribution in [0.3, 0.4) is 0 Å². The quantitative estimate of drug-likeness (QED) is 0.584. The van der Waals surface area contributed by atoms with Crippen LogP contribution in [0.5, 0.6) is 0 Å². The van der Waals surface area contributed by atoms with Crippen molar-refractivity contribution in [1.29, 1.82) is 0 Å².